The molecule has 0 atom stereocenters. The van der Waals surface area contributed by atoms with E-state index >= 15 is 0 Å². The molecule has 2 N–H and O–H groups in total. The molecule has 4 heteroatoms. The number of carbonyl (C=O) groups is 1. The van der Waals surface area contributed by atoms with Gasteiger partial charge in [0.25, 0.3) is 5.91 Å². The van der Waals surface area contributed by atoms with Gasteiger partial charge in [-0.15, -0.1) is 0 Å². The first-order valence-electron chi connectivity index (χ1n) is 6.15. The number of carbonyl (C=O) groups excluding carboxylic acids is 1. The topological polar surface area (TPSA) is 52.6 Å². The van der Waals surface area contributed by atoms with E-state index in [9.17, 15) is 9.90 Å². The van der Waals surface area contributed by atoms with Crippen molar-refractivity contribution >= 4 is 11.6 Å². The highest BCUT2D eigenvalue weighted by molar-refractivity contribution is 5.94. The average molecular weight is 250 g/mol. The Morgan fingerprint density at radius 3 is 2.33 bits per heavy atom. The number of benzene rings is 1. The Kier molecular flexibility index (Phi) is 4.73. The monoisotopic (exact) mass is 250 g/mol. The molecule has 0 aliphatic rings. The van der Waals surface area contributed by atoms with Crippen molar-refractivity contribution in [2.24, 2.45) is 0 Å². The summed E-state index contributed by atoms with van der Waals surface area (Å²) in [5, 5.41) is 12.9. The van der Waals surface area contributed by atoms with Gasteiger partial charge in [0.1, 0.15) is 0 Å². The maximum Gasteiger partial charge on any atom is 0.253 e. The molecule has 0 fully saturated rings. The van der Waals surface area contributed by atoms with Gasteiger partial charge in [-0.2, -0.15) is 0 Å². The molecule has 0 unspecified atom stereocenters. The van der Waals surface area contributed by atoms with E-state index < -0.39 is 5.60 Å². The van der Waals surface area contributed by atoms with E-state index in [4.69, 9.17) is 0 Å². The summed E-state index contributed by atoms with van der Waals surface area (Å²) in [6, 6.07) is 7.35. The first-order valence-corrected chi connectivity index (χ1v) is 6.15. The highest BCUT2D eigenvalue weighted by atomic mass is 16.3. The van der Waals surface area contributed by atoms with Crippen molar-refractivity contribution in [1.82, 2.24) is 4.90 Å². The number of hydrogen-bond donors (Lipinski definition) is 2. The maximum atomic E-state index is 12.1. The molecule has 0 aromatic heterocycles. The minimum Gasteiger partial charge on any atom is -0.389 e. The summed E-state index contributed by atoms with van der Waals surface area (Å²) >= 11 is 0. The molecule has 1 aromatic carbocycles. The first-order chi connectivity index (χ1) is 8.33. The number of anilines is 1. The quantitative estimate of drug-likeness (QED) is 0.840. The molecular formula is C14H22N2O2. The highest BCUT2D eigenvalue weighted by Crippen LogP contribution is 2.12. The van der Waals surface area contributed by atoms with Gasteiger partial charge in [-0.25, -0.2) is 0 Å². The summed E-state index contributed by atoms with van der Waals surface area (Å²) < 4.78 is 0. The molecule has 1 rings (SSSR count). The number of amides is 1. The summed E-state index contributed by atoms with van der Waals surface area (Å²) in [6.07, 6.45) is 0. The molecule has 0 saturated heterocycles. The number of hydrogen-bond acceptors (Lipinski definition) is 3. The van der Waals surface area contributed by atoms with Gasteiger partial charge in [0.05, 0.1) is 5.60 Å². The third-order valence-corrected chi connectivity index (χ3v) is 2.48. The molecule has 18 heavy (non-hydrogen) atoms. The van der Waals surface area contributed by atoms with Crippen LogP contribution in [0.2, 0.25) is 0 Å². The van der Waals surface area contributed by atoms with Crippen LogP contribution in [0.15, 0.2) is 24.3 Å². The number of likely N-dealkylation sites (N-methyl/N-ethyl adjacent to an activating group) is 1. The number of rotatable bonds is 5. The van der Waals surface area contributed by atoms with Gasteiger partial charge in [0, 0.05) is 31.4 Å². The fraction of sp³-hybridized carbons (Fsp3) is 0.500. The van der Waals surface area contributed by atoms with Gasteiger partial charge in [0.15, 0.2) is 0 Å². The first kappa shape index (κ1) is 14.5. The summed E-state index contributed by atoms with van der Waals surface area (Å²) in [4.78, 5) is 13.6. The molecule has 0 aliphatic heterocycles. The third-order valence-electron chi connectivity index (χ3n) is 2.48. The Bertz CT molecular complexity index is 393. The van der Waals surface area contributed by atoms with Gasteiger partial charge < -0.3 is 15.3 Å². The SMILES string of the molecule is CCNc1ccc(C(=O)N(C)CC(C)(C)O)cc1. The second kappa shape index (κ2) is 5.87. The molecule has 0 bridgehead atoms. The molecule has 0 aliphatic carbocycles. The number of aliphatic hydroxyl groups is 1. The lowest BCUT2D eigenvalue weighted by atomic mass is 10.1. The van der Waals surface area contributed by atoms with E-state index in [-0.39, 0.29) is 5.91 Å². The average Bonchev–Trinajstić information content (AvgIpc) is 2.27. The van der Waals surface area contributed by atoms with Crippen LogP contribution in [0.4, 0.5) is 5.69 Å². The van der Waals surface area contributed by atoms with E-state index in [1.54, 1.807) is 33.0 Å². The molecular weight excluding hydrogens is 228 g/mol. The lowest BCUT2D eigenvalue weighted by Gasteiger charge is -2.25. The van der Waals surface area contributed by atoms with Gasteiger partial charge in [0.2, 0.25) is 0 Å². The highest BCUT2D eigenvalue weighted by Gasteiger charge is 2.20. The summed E-state index contributed by atoms with van der Waals surface area (Å²) in [6.45, 7) is 6.55. The molecule has 1 amide bonds. The number of nitrogens with one attached hydrogen (secondary N) is 1. The van der Waals surface area contributed by atoms with Gasteiger partial charge in [-0.3, -0.25) is 4.79 Å². The molecule has 100 valence electrons. The van der Waals surface area contributed by atoms with Crippen LogP contribution in [0.3, 0.4) is 0 Å². The van der Waals surface area contributed by atoms with Gasteiger partial charge in [-0.1, -0.05) is 0 Å². The van der Waals surface area contributed by atoms with Gasteiger partial charge >= 0.3 is 0 Å². The minimum atomic E-state index is -0.881. The smallest absolute Gasteiger partial charge is 0.253 e. The fourth-order valence-corrected chi connectivity index (χ4v) is 1.81. The predicted octanol–water partition coefficient (Wildman–Crippen LogP) is 1.96. The maximum absolute atomic E-state index is 12.1. The second-order valence-electron chi connectivity index (χ2n) is 5.08. The Hall–Kier alpha value is -1.55. The van der Waals surface area contributed by atoms with Crippen LogP contribution in [0.25, 0.3) is 0 Å². The molecule has 0 heterocycles. The summed E-state index contributed by atoms with van der Waals surface area (Å²) in [5.74, 6) is -0.0832. The van der Waals surface area contributed by atoms with Crippen molar-refractivity contribution in [1.29, 1.82) is 0 Å². The lowest BCUT2D eigenvalue weighted by Crippen LogP contribution is -2.39. The van der Waals surface area contributed by atoms with E-state index in [1.807, 2.05) is 19.1 Å². The van der Waals surface area contributed by atoms with Crippen LogP contribution in [-0.4, -0.2) is 41.7 Å². The molecule has 4 nitrogen and oxygen atoms in total. The van der Waals surface area contributed by atoms with E-state index in [2.05, 4.69) is 5.32 Å². The lowest BCUT2D eigenvalue weighted by molar-refractivity contribution is 0.0368. The zero-order valence-corrected chi connectivity index (χ0v) is 11.5. The minimum absolute atomic E-state index is 0.0832. The van der Waals surface area contributed by atoms with Crippen molar-refractivity contribution in [3.05, 3.63) is 29.8 Å². The zero-order valence-electron chi connectivity index (χ0n) is 11.5. The zero-order chi connectivity index (χ0) is 13.8. The van der Waals surface area contributed by atoms with Crippen molar-refractivity contribution < 1.29 is 9.90 Å². The molecule has 0 radical (unpaired) electrons. The Morgan fingerprint density at radius 2 is 1.89 bits per heavy atom. The van der Waals surface area contributed by atoms with E-state index in [1.165, 1.54) is 4.90 Å². The number of nitrogens with zero attached hydrogens (tertiary/aromatic N) is 1. The van der Waals surface area contributed by atoms with Crippen LogP contribution in [-0.2, 0) is 0 Å². The van der Waals surface area contributed by atoms with Crippen LogP contribution in [0, 0.1) is 0 Å². The van der Waals surface area contributed by atoms with Crippen LogP contribution >= 0.6 is 0 Å². The molecule has 0 spiro atoms. The van der Waals surface area contributed by atoms with E-state index in [0.717, 1.165) is 12.2 Å². The Balaban J connectivity index is 2.72. The van der Waals surface area contributed by atoms with Crippen LogP contribution < -0.4 is 5.32 Å². The van der Waals surface area contributed by atoms with Crippen LogP contribution in [0.1, 0.15) is 31.1 Å². The normalized spacial score (nSPS) is 11.2. The molecule has 1 aromatic rings. The second-order valence-corrected chi connectivity index (χ2v) is 5.08. The Morgan fingerprint density at radius 1 is 1.33 bits per heavy atom. The van der Waals surface area contributed by atoms with Crippen molar-refractivity contribution in [3.8, 4) is 0 Å². The van der Waals surface area contributed by atoms with Gasteiger partial charge in [-0.05, 0) is 45.0 Å². The van der Waals surface area contributed by atoms with Crippen molar-refractivity contribution in [3.63, 3.8) is 0 Å². The van der Waals surface area contributed by atoms with Crippen LogP contribution in [0.5, 0.6) is 0 Å². The summed E-state index contributed by atoms with van der Waals surface area (Å²) in [5.41, 5.74) is 0.747. The van der Waals surface area contributed by atoms with E-state index in [0.29, 0.717) is 12.1 Å². The van der Waals surface area contributed by atoms with Crippen molar-refractivity contribution in [2.75, 3.05) is 25.5 Å². The Labute approximate surface area is 109 Å². The third kappa shape index (κ3) is 4.37. The largest absolute Gasteiger partial charge is 0.389 e. The summed E-state index contributed by atoms with van der Waals surface area (Å²) in [7, 11) is 1.69. The van der Waals surface area contributed by atoms with Crippen molar-refractivity contribution in [2.45, 2.75) is 26.4 Å². The molecule has 0 saturated carbocycles. The standard InChI is InChI=1S/C14H22N2O2/c1-5-15-12-8-6-11(7-9-12)13(17)16(4)10-14(2,3)18/h6-9,15,18H,5,10H2,1-4H3. The fourth-order valence-electron chi connectivity index (χ4n) is 1.81. The predicted molar refractivity (Wildman–Crippen MR) is 73.9 cm³/mol.